The number of fused-ring (bicyclic) bond motifs is 1. The molecule has 0 aromatic carbocycles. The van der Waals surface area contributed by atoms with Gasteiger partial charge in [0.05, 0.1) is 6.61 Å². The van der Waals surface area contributed by atoms with Crippen LogP contribution in [0.15, 0.2) is 0 Å². The van der Waals surface area contributed by atoms with Gasteiger partial charge in [-0.1, -0.05) is 0 Å². The van der Waals surface area contributed by atoms with Crippen molar-refractivity contribution in [3.8, 4) is 0 Å². The fourth-order valence-electron chi connectivity index (χ4n) is 3.36. The van der Waals surface area contributed by atoms with E-state index < -0.39 is 54.4 Å². The lowest BCUT2D eigenvalue weighted by Gasteiger charge is -2.42. The van der Waals surface area contributed by atoms with Crippen molar-refractivity contribution < 1.29 is 42.0 Å². The van der Waals surface area contributed by atoms with Gasteiger partial charge in [-0.2, -0.15) is 13.2 Å². The summed E-state index contributed by atoms with van der Waals surface area (Å²) in [4.78, 5) is 0. The van der Waals surface area contributed by atoms with Gasteiger partial charge in [0.15, 0.2) is 17.9 Å². The number of alkyl halides is 3. The molecule has 9 heteroatoms. The van der Waals surface area contributed by atoms with Crippen LogP contribution in [0.5, 0.6) is 0 Å². The molecule has 0 amide bonds. The minimum absolute atomic E-state index is 0.133. The summed E-state index contributed by atoms with van der Waals surface area (Å²) in [5, 5.41) is 9.91. The maximum atomic E-state index is 13.3. The maximum Gasteiger partial charge on any atom is 0.399 e. The van der Waals surface area contributed by atoms with Crippen LogP contribution in [0.3, 0.4) is 0 Å². The van der Waals surface area contributed by atoms with E-state index >= 15 is 0 Å². The summed E-state index contributed by atoms with van der Waals surface area (Å²) in [6.07, 6.45) is -10.7. The highest BCUT2D eigenvalue weighted by atomic mass is 19.4. The summed E-state index contributed by atoms with van der Waals surface area (Å²) in [6, 6.07) is 0. The zero-order valence-corrected chi connectivity index (χ0v) is 13.3. The molecule has 0 saturated carbocycles. The molecule has 3 heterocycles. The Kier molecular flexibility index (Phi) is 3.98. The standard InChI is InChI=1S/C14H21F3O6/c1-12(2)19-5-6(21-12)8-10-9(22-13(3,4)23-10)7(11(18)20-8)14(15,16)17/h6-11,18H,5H2,1-4H3/t6-,7-,8-,9-,10+,11?/m1/s1. The summed E-state index contributed by atoms with van der Waals surface area (Å²) in [6.45, 7) is 6.57. The van der Waals surface area contributed by atoms with Crippen LogP contribution < -0.4 is 0 Å². The minimum Gasteiger partial charge on any atom is -0.367 e. The van der Waals surface area contributed by atoms with Crippen LogP contribution in [0.1, 0.15) is 27.7 Å². The molecule has 3 aliphatic heterocycles. The highest BCUT2D eigenvalue weighted by Gasteiger charge is 2.64. The monoisotopic (exact) mass is 342 g/mol. The van der Waals surface area contributed by atoms with E-state index in [9.17, 15) is 18.3 Å². The van der Waals surface area contributed by atoms with E-state index in [1.807, 2.05) is 0 Å². The molecule has 1 unspecified atom stereocenters. The fourth-order valence-corrected chi connectivity index (χ4v) is 3.36. The molecular formula is C14H21F3O6. The first kappa shape index (κ1) is 17.4. The Labute approximate surface area is 131 Å². The van der Waals surface area contributed by atoms with Crippen LogP contribution in [-0.2, 0) is 23.7 Å². The first-order valence-electron chi connectivity index (χ1n) is 7.47. The topological polar surface area (TPSA) is 66.4 Å². The molecule has 3 rings (SSSR count). The van der Waals surface area contributed by atoms with Gasteiger partial charge in [-0.15, -0.1) is 0 Å². The predicted octanol–water partition coefficient (Wildman–Crippen LogP) is 1.55. The van der Waals surface area contributed by atoms with Gasteiger partial charge in [-0.05, 0) is 27.7 Å². The van der Waals surface area contributed by atoms with Gasteiger partial charge < -0.3 is 28.8 Å². The highest BCUT2D eigenvalue weighted by Crippen LogP contribution is 2.47. The molecule has 3 fully saturated rings. The number of ether oxygens (including phenoxy) is 5. The molecule has 0 spiro atoms. The quantitative estimate of drug-likeness (QED) is 0.780. The van der Waals surface area contributed by atoms with Gasteiger partial charge >= 0.3 is 6.18 Å². The Bertz CT molecular complexity index is 466. The Morgan fingerprint density at radius 2 is 1.52 bits per heavy atom. The van der Waals surface area contributed by atoms with E-state index in [1.54, 1.807) is 13.8 Å². The summed E-state index contributed by atoms with van der Waals surface area (Å²) in [5.41, 5.74) is 0. The second-order valence-electron chi connectivity index (χ2n) is 6.99. The molecule has 3 aliphatic rings. The molecule has 134 valence electrons. The predicted molar refractivity (Wildman–Crippen MR) is 69.2 cm³/mol. The van der Waals surface area contributed by atoms with Gasteiger partial charge in [0.1, 0.15) is 30.3 Å². The van der Waals surface area contributed by atoms with E-state index in [0.29, 0.717) is 0 Å². The van der Waals surface area contributed by atoms with Crippen LogP contribution in [0.25, 0.3) is 0 Å². The van der Waals surface area contributed by atoms with Crippen LogP contribution >= 0.6 is 0 Å². The third kappa shape index (κ3) is 3.22. The maximum absolute atomic E-state index is 13.3. The highest BCUT2D eigenvalue weighted by molar-refractivity contribution is 5.01. The summed E-state index contributed by atoms with van der Waals surface area (Å²) < 4.78 is 67.2. The summed E-state index contributed by atoms with van der Waals surface area (Å²) in [7, 11) is 0. The minimum atomic E-state index is -4.68. The van der Waals surface area contributed by atoms with Crippen molar-refractivity contribution in [2.75, 3.05) is 6.61 Å². The molecule has 0 aliphatic carbocycles. The zero-order chi connectivity index (χ0) is 17.2. The molecule has 1 N–H and O–H groups in total. The SMILES string of the molecule is CC1(C)O[C@H]2[C@@H]([C@H]3COC(C)(C)O3)OC(O)[C@H](C(F)(F)F)[C@H]2O1. The van der Waals surface area contributed by atoms with Gasteiger partial charge in [0.2, 0.25) is 0 Å². The third-order valence-electron chi connectivity index (χ3n) is 4.22. The second-order valence-corrected chi connectivity index (χ2v) is 6.99. The number of aliphatic hydroxyl groups is 1. The number of rotatable bonds is 1. The van der Waals surface area contributed by atoms with Crippen LogP contribution in [0.2, 0.25) is 0 Å². The average Bonchev–Trinajstić information content (AvgIpc) is 2.84. The van der Waals surface area contributed by atoms with Gasteiger partial charge in [0, 0.05) is 0 Å². The van der Waals surface area contributed by atoms with Crippen LogP contribution in [-0.4, -0.2) is 60.2 Å². The molecule has 0 radical (unpaired) electrons. The summed E-state index contributed by atoms with van der Waals surface area (Å²) >= 11 is 0. The Morgan fingerprint density at radius 1 is 0.913 bits per heavy atom. The molecule has 3 saturated heterocycles. The van der Waals surface area contributed by atoms with E-state index in [2.05, 4.69) is 0 Å². The zero-order valence-electron chi connectivity index (χ0n) is 13.3. The van der Waals surface area contributed by atoms with Crippen LogP contribution in [0, 0.1) is 5.92 Å². The first-order valence-corrected chi connectivity index (χ1v) is 7.47. The van der Waals surface area contributed by atoms with E-state index in [-0.39, 0.29) is 6.61 Å². The van der Waals surface area contributed by atoms with Gasteiger partial charge in [0.25, 0.3) is 0 Å². The lowest BCUT2D eigenvalue weighted by Crippen LogP contribution is -2.60. The van der Waals surface area contributed by atoms with E-state index in [0.717, 1.165) is 0 Å². The van der Waals surface area contributed by atoms with Crippen molar-refractivity contribution in [2.24, 2.45) is 5.92 Å². The third-order valence-corrected chi connectivity index (χ3v) is 4.22. The Hall–Kier alpha value is -0.450. The lowest BCUT2D eigenvalue weighted by molar-refractivity contribution is -0.327. The molecule has 6 nitrogen and oxygen atoms in total. The largest absolute Gasteiger partial charge is 0.399 e. The van der Waals surface area contributed by atoms with Crippen molar-refractivity contribution >= 4 is 0 Å². The number of hydrogen-bond donors (Lipinski definition) is 1. The number of hydrogen-bond acceptors (Lipinski definition) is 6. The van der Waals surface area contributed by atoms with E-state index in [1.165, 1.54) is 13.8 Å². The fraction of sp³-hybridized carbons (Fsp3) is 1.00. The first-order chi connectivity index (χ1) is 10.4. The molecule has 0 aromatic heterocycles. The molecule has 0 bridgehead atoms. The smallest absolute Gasteiger partial charge is 0.367 e. The Morgan fingerprint density at radius 3 is 2.04 bits per heavy atom. The van der Waals surface area contributed by atoms with Crippen LogP contribution in [0.4, 0.5) is 13.2 Å². The van der Waals surface area contributed by atoms with Crippen molar-refractivity contribution in [3.05, 3.63) is 0 Å². The van der Waals surface area contributed by atoms with Crippen molar-refractivity contribution in [1.29, 1.82) is 0 Å². The van der Waals surface area contributed by atoms with Crippen molar-refractivity contribution in [2.45, 2.75) is 76.2 Å². The van der Waals surface area contributed by atoms with Crippen molar-refractivity contribution in [3.63, 3.8) is 0 Å². The normalized spacial score (nSPS) is 45.9. The molecule has 0 aromatic rings. The Balaban J connectivity index is 1.87. The van der Waals surface area contributed by atoms with Gasteiger partial charge in [-0.25, -0.2) is 0 Å². The molecule has 23 heavy (non-hydrogen) atoms. The van der Waals surface area contributed by atoms with E-state index in [4.69, 9.17) is 23.7 Å². The summed E-state index contributed by atoms with van der Waals surface area (Å²) in [5.74, 6) is -4.26. The number of halogens is 3. The number of aliphatic hydroxyl groups excluding tert-OH is 1. The van der Waals surface area contributed by atoms with Crippen molar-refractivity contribution in [1.82, 2.24) is 0 Å². The lowest BCUT2D eigenvalue weighted by atomic mass is 9.88. The molecular weight excluding hydrogens is 321 g/mol. The van der Waals surface area contributed by atoms with Gasteiger partial charge in [-0.3, -0.25) is 0 Å². The average molecular weight is 342 g/mol. The molecule has 6 atom stereocenters. The second kappa shape index (κ2) is 5.27.